The number of hydrogen-bond donors (Lipinski definition) is 0. The molecule has 4 atom stereocenters. The number of rotatable bonds is 2. The van der Waals surface area contributed by atoms with Gasteiger partial charge in [0.1, 0.15) is 11.6 Å². The summed E-state index contributed by atoms with van der Waals surface area (Å²) in [5.41, 5.74) is 0.740. The molecule has 2 aromatic rings. The van der Waals surface area contributed by atoms with E-state index in [1.807, 2.05) is 12.1 Å². The maximum atomic E-state index is 15.0. The summed E-state index contributed by atoms with van der Waals surface area (Å²) < 4.78 is 29.1. The van der Waals surface area contributed by atoms with Crippen LogP contribution in [0.5, 0.6) is 0 Å². The lowest BCUT2D eigenvalue weighted by Crippen LogP contribution is -2.30. The fourth-order valence-corrected chi connectivity index (χ4v) is 5.26. The molecular weight excluding hydrogens is 302 g/mol. The van der Waals surface area contributed by atoms with Crippen molar-refractivity contribution in [3.63, 3.8) is 0 Å². The van der Waals surface area contributed by atoms with Gasteiger partial charge in [-0.25, -0.2) is 8.78 Å². The minimum Gasteiger partial charge on any atom is -0.206 e. The number of benzene rings is 2. The summed E-state index contributed by atoms with van der Waals surface area (Å²) >= 11 is 0. The molecule has 2 aliphatic rings. The molecule has 0 bridgehead atoms. The summed E-state index contributed by atoms with van der Waals surface area (Å²) in [4.78, 5) is 0. The van der Waals surface area contributed by atoms with Crippen LogP contribution in [0, 0.1) is 29.4 Å². The van der Waals surface area contributed by atoms with Gasteiger partial charge < -0.3 is 0 Å². The summed E-state index contributed by atoms with van der Waals surface area (Å²) in [6.45, 7) is 2.30. The first-order valence-electron chi connectivity index (χ1n) is 9.54. The highest BCUT2D eigenvalue weighted by atomic mass is 19.1. The Bertz CT molecular complexity index is 736. The van der Waals surface area contributed by atoms with Crippen LogP contribution < -0.4 is 0 Å². The molecular formula is C22H26F2. The van der Waals surface area contributed by atoms with Crippen molar-refractivity contribution < 1.29 is 8.78 Å². The summed E-state index contributed by atoms with van der Waals surface area (Å²) in [5.74, 6) is 1.96. The predicted octanol–water partition coefficient (Wildman–Crippen LogP) is 6.83. The van der Waals surface area contributed by atoms with E-state index in [-0.39, 0.29) is 17.1 Å². The predicted molar refractivity (Wildman–Crippen MR) is 95.1 cm³/mol. The molecule has 128 valence electrons. The van der Waals surface area contributed by atoms with Crippen LogP contribution in [-0.4, -0.2) is 0 Å². The van der Waals surface area contributed by atoms with Gasteiger partial charge in [-0.2, -0.15) is 0 Å². The highest BCUT2D eigenvalue weighted by Gasteiger charge is 2.36. The molecule has 0 aromatic heterocycles. The zero-order chi connectivity index (χ0) is 16.7. The fraction of sp³-hybridized carbons (Fsp3) is 0.545. The Hall–Kier alpha value is -1.44. The average Bonchev–Trinajstić information content (AvgIpc) is 2.61. The third-order valence-electron chi connectivity index (χ3n) is 6.70. The monoisotopic (exact) mass is 328 g/mol. The molecule has 4 unspecified atom stereocenters. The Morgan fingerprint density at radius 2 is 1.71 bits per heavy atom. The molecule has 2 saturated carbocycles. The van der Waals surface area contributed by atoms with Crippen molar-refractivity contribution in [2.75, 3.05) is 0 Å². The van der Waals surface area contributed by atoms with E-state index in [0.29, 0.717) is 5.39 Å². The molecule has 0 aliphatic heterocycles. The Kier molecular flexibility index (Phi) is 4.32. The third-order valence-corrected chi connectivity index (χ3v) is 6.70. The van der Waals surface area contributed by atoms with E-state index >= 15 is 4.39 Å². The molecule has 4 rings (SSSR count). The van der Waals surface area contributed by atoms with Crippen molar-refractivity contribution in [2.24, 2.45) is 17.8 Å². The maximum Gasteiger partial charge on any atom is 0.137 e. The molecule has 2 aliphatic carbocycles. The van der Waals surface area contributed by atoms with E-state index in [1.54, 1.807) is 12.1 Å². The van der Waals surface area contributed by atoms with E-state index < -0.39 is 5.82 Å². The minimum absolute atomic E-state index is 0.173. The second-order valence-electron chi connectivity index (χ2n) is 7.92. The molecule has 0 amide bonds. The number of hydrogen-bond acceptors (Lipinski definition) is 0. The van der Waals surface area contributed by atoms with Crippen LogP contribution in [-0.2, 0) is 0 Å². The lowest BCUT2D eigenvalue weighted by atomic mass is 9.63. The average molecular weight is 328 g/mol. The van der Waals surface area contributed by atoms with Gasteiger partial charge in [0.25, 0.3) is 0 Å². The van der Waals surface area contributed by atoms with E-state index in [9.17, 15) is 4.39 Å². The first-order valence-corrected chi connectivity index (χ1v) is 9.54. The Labute approximate surface area is 143 Å². The molecule has 2 heteroatoms. The summed E-state index contributed by atoms with van der Waals surface area (Å²) in [6, 6.07) is 8.58. The largest absolute Gasteiger partial charge is 0.206 e. The second kappa shape index (κ2) is 6.46. The molecule has 2 fully saturated rings. The van der Waals surface area contributed by atoms with E-state index in [4.69, 9.17) is 0 Å². The Morgan fingerprint density at radius 1 is 0.917 bits per heavy atom. The normalized spacial score (nSPS) is 30.3. The lowest BCUT2D eigenvalue weighted by Gasteiger charge is -2.42. The van der Waals surface area contributed by atoms with Crippen LogP contribution in [0.25, 0.3) is 10.8 Å². The van der Waals surface area contributed by atoms with Crippen molar-refractivity contribution in [3.8, 4) is 0 Å². The fourth-order valence-electron chi connectivity index (χ4n) is 5.26. The summed E-state index contributed by atoms with van der Waals surface area (Å²) in [6.07, 6.45) is 8.63. The van der Waals surface area contributed by atoms with Crippen molar-refractivity contribution in [1.82, 2.24) is 0 Å². The number of fused-ring (bicyclic) bond motifs is 2. The van der Waals surface area contributed by atoms with Crippen LogP contribution in [0.3, 0.4) is 0 Å². The van der Waals surface area contributed by atoms with Gasteiger partial charge >= 0.3 is 0 Å². The van der Waals surface area contributed by atoms with Crippen LogP contribution in [0.1, 0.15) is 63.4 Å². The molecule has 0 N–H and O–H groups in total. The highest BCUT2D eigenvalue weighted by molar-refractivity contribution is 5.84. The van der Waals surface area contributed by atoms with Crippen LogP contribution in [0.2, 0.25) is 0 Å². The second-order valence-corrected chi connectivity index (χ2v) is 7.92. The number of halogens is 2. The molecule has 0 spiro atoms. The molecule has 0 heterocycles. The smallest absolute Gasteiger partial charge is 0.137 e. The van der Waals surface area contributed by atoms with Gasteiger partial charge in [0.2, 0.25) is 0 Å². The van der Waals surface area contributed by atoms with Gasteiger partial charge in [0.15, 0.2) is 0 Å². The van der Waals surface area contributed by atoms with Crippen molar-refractivity contribution in [3.05, 3.63) is 47.5 Å². The van der Waals surface area contributed by atoms with E-state index in [2.05, 4.69) is 6.92 Å². The first kappa shape index (κ1) is 16.1. The standard InChI is InChI=1S/C22H26F2/c1-2-14-6-7-17-13-18(9-8-16(17)12-14)19-11-10-15-4-3-5-20(23)21(15)22(19)24/h3-5,10-11,14,16-18H,2,6-9,12-13H2,1H3. The van der Waals surface area contributed by atoms with Gasteiger partial charge in [-0.1, -0.05) is 44.0 Å². The van der Waals surface area contributed by atoms with Crippen LogP contribution in [0.15, 0.2) is 30.3 Å². The van der Waals surface area contributed by atoms with Gasteiger partial charge in [-0.15, -0.1) is 0 Å². The zero-order valence-corrected chi connectivity index (χ0v) is 14.4. The quantitative estimate of drug-likeness (QED) is 0.567. The van der Waals surface area contributed by atoms with Crippen molar-refractivity contribution >= 4 is 10.8 Å². The van der Waals surface area contributed by atoms with E-state index in [1.165, 1.54) is 38.2 Å². The molecule has 0 nitrogen and oxygen atoms in total. The lowest BCUT2D eigenvalue weighted by molar-refractivity contribution is 0.116. The van der Waals surface area contributed by atoms with Crippen molar-refractivity contribution in [1.29, 1.82) is 0 Å². The minimum atomic E-state index is -0.441. The van der Waals surface area contributed by atoms with Gasteiger partial charge in [-0.05, 0) is 72.8 Å². The van der Waals surface area contributed by atoms with Crippen LogP contribution >= 0.6 is 0 Å². The molecule has 24 heavy (non-hydrogen) atoms. The van der Waals surface area contributed by atoms with Gasteiger partial charge in [0, 0.05) is 0 Å². The zero-order valence-electron chi connectivity index (χ0n) is 14.4. The van der Waals surface area contributed by atoms with Crippen LogP contribution in [0.4, 0.5) is 8.78 Å². The SMILES string of the molecule is CCC1CCC2CC(c3ccc4cccc(F)c4c3F)CCC2C1. The molecule has 2 aromatic carbocycles. The highest BCUT2D eigenvalue weighted by Crippen LogP contribution is 2.48. The van der Waals surface area contributed by atoms with E-state index in [0.717, 1.165) is 36.2 Å². The topological polar surface area (TPSA) is 0 Å². The maximum absolute atomic E-state index is 15.0. The third kappa shape index (κ3) is 2.74. The Morgan fingerprint density at radius 3 is 2.54 bits per heavy atom. The Balaban J connectivity index is 1.60. The first-order chi connectivity index (χ1) is 11.7. The molecule has 0 saturated heterocycles. The summed E-state index contributed by atoms with van der Waals surface area (Å²) in [5, 5.41) is 0.834. The van der Waals surface area contributed by atoms with Gasteiger partial charge in [-0.3, -0.25) is 0 Å². The molecule has 0 radical (unpaired) electrons. The summed E-state index contributed by atoms with van der Waals surface area (Å²) in [7, 11) is 0. The van der Waals surface area contributed by atoms with Crippen molar-refractivity contribution in [2.45, 2.75) is 57.8 Å². The van der Waals surface area contributed by atoms with Gasteiger partial charge in [0.05, 0.1) is 5.39 Å².